The van der Waals surface area contributed by atoms with Gasteiger partial charge in [0.05, 0.1) is 0 Å². The molecular weight excluding hydrogens is 122 g/mol. The Bertz CT molecular complexity index is 140. The van der Waals surface area contributed by atoms with E-state index in [1.165, 1.54) is 13.0 Å². The molecule has 0 radical (unpaired) electrons. The fraction of sp³-hybridized carbons (Fsp3) is 1.00. The van der Waals surface area contributed by atoms with E-state index in [2.05, 4.69) is 25.8 Å². The third-order valence-electron chi connectivity index (χ3n) is 3.13. The molecule has 1 heteroatoms. The van der Waals surface area contributed by atoms with Crippen molar-refractivity contribution in [3.8, 4) is 0 Å². The van der Waals surface area contributed by atoms with Gasteiger partial charge in [-0.2, -0.15) is 0 Å². The van der Waals surface area contributed by atoms with E-state index >= 15 is 0 Å². The average molecular weight is 139 g/mol. The Morgan fingerprint density at radius 3 is 2.40 bits per heavy atom. The highest BCUT2D eigenvalue weighted by molar-refractivity contribution is 5.03. The quantitative estimate of drug-likeness (QED) is 0.533. The van der Waals surface area contributed by atoms with Gasteiger partial charge in [-0.25, -0.2) is 0 Å². The van der Waals surface area contributed by atoms with Crippen molar-refractivity contribution < 1.29 is 0 Å². The molecule has 3 atom stereocenters. The number of nitrogens with zero attached hydrogens (tertiary/aromatic N) is 1. The van der Waals surface area contributed by atoms with Crippen molar-refractivity contribution in [1.29, 1.82) is 0 Å². The van der Waals surface area contributed by atoms with E-state index < -0.39 is 0 Å². The second-order valence-electron chi connectivity index (χ2n) is 4.33. The number of fused-ring (bicyclic) bond motifs is 1. The molecule has 2 aliphatic rings. The number of hydrogen-bond donors (Lipinski definition) is 0. The smallest absolute Gasteiger partial charge is 0.0147 e. The average Bonchev–Trinajstić information content (AvgIpc) is 2.42. The summed E-state index contributed by atoms with van der Waals surface area (Å²) in [6, 6.07) is 0.907. The summed E-state index contributed by atoms with van der Waals surface area (Å²) >= 11 is 0. The zero-order chi connectivity index (χ0) is 7.30. The van der Waals surface area contributed by atoms with E-state index in [1.807, 2.05) is 0 Å². The van der Waals surface area contributed by atoms with Crippen LogP contribution in [0.2, 0.25) is 0 Å². The number of hydrogen-bond acceptors (Lipinski definition) is 1. The summed E-state index contributed by atoms with van der Waals surface area (Å²) in [5.74, 6) is 3.02. The van der Waals surface area contributed by atoms with Gasteiger partial charge in [0.1, 0.15) is 0 Å². The molecule has 10 heavy (non-hydrogen) atoms. The van der Waals surface area contributed by atoms with Crippen LogP contribution in [-0.2, 0) is 0 Å². The first-order valence-electron chi connectivity index (χ1n) is 4.40. The molecule has 1 heterocycles. The maximum absolute atomic E-state index is 2.55. The summed E-state index contributed by atoms with van der Waals surface area (Å²) in [5, 5.41) is 0. The van der Waals surface area contributed by atoms with Crippen molar-refractivity contribution in [2.75, 3.05) is 13.6 Å². The van der Waals surface area contributed by atoms with E-state index in [0.717, 1.165) is 23.8 Å². The van der Waals surface area contributed by atoms with Crippen LogP contribution < -0.4 is 0 Å². The normalized spacial score (nSPS) is 46.2. The molecule has 0 N–H and O–H groups in total. The first-order valence-corrected chi connectivity index (χ1v) is 4.40. The molecule has 0 spiro atoms. The van der Waals surface area contributed by atoms with Crippen LogP contribution in [0.4, 0.5) is 0 Å². The van der Waals surface area contributed by atoms with Gasteiger partial charge in [-0.05, 0) is 31.2 Å². The van der Waals surface area contributed by atoms with Gasteiger partial charge >= 0.3 is 0 Å². The third kappa shape index (κ3) is 0.800. The maximum Gasteiger partial charge on any atom is 0.0147 e. The molecule has 0 unspecified atom stereocenters. The summed E-state index contributed by atoms with van der Waals surface area (Å²) in [6.07, 6.45) is 1.52. The second-order valence-corrected chi connectivity index (χ2v) is 4.33. The van der Waals surface area contributed by atoms with E-state index in [1.54, 1.807) is 0 Å². The van der Waals surface area contributed by atoms with Gasteiger partial charge in [-0.1, -0.05) is 13.8 Å². The lowest BCUT2D eigenvalue weighted by molar-refractivity contribution is 0.214. The highest BCUT2D eigenvalue weighted by Gasteiger charge is 2.51. The van der Waals surface area contributed by atoms with Crippen LogP contribution >= 0.6 is 0 Å². The van der Waals surface area contributed by atoms with E-state index in [9.17, 15) is 0 Å². The van der Waals surface area contributed by atoms with E-state index in [-0.39, 0.29) is 0 Å². The van der Waals surface area contributed by atoms with Crippen LogP contribution in [0.3, 0.4) is 0 Å². The van der Waals surface area contributed by atoms with Crippen molar-refractivity contribution in [2.45, 2.75) is 26.3 Å². The molecule has 58 valence electrons. The van der Waals surface area contributed by atoms with Crippen molar-refractivity contribution in [1.82, 2.24) is 4.90 Å². The Labute approximate surface area is 63.4 Å². The molecule has 2 rings (SSSR count). The van der Waals surface area contributed by atoms with Gasteiger partial charge in [-0.15, -0.1) is 0 Å². The standard InChI is InChI=1S/C9H17N/c1-6(2)9-8-4-7(8)5-10(9)3/h6-9H,4-5H2,1-3H3/t7-,8-,9-/m1/s1. The molecule has 1 aliphatic heterocycles. The lowest BCUT2D eigenvalue weighted by Crippen LogP contribution is -2.33. The predicted octanol–water partition coefficient (Wildman–Crippen LogP) is 1.59. The van der Waals surface area contributed by atoms with Crippen molar-refractivity contribution in [3.05, 3.63) is 0 Å². The Kier molecular flexibility index (Phi) is 1.31. The fourth-order valence-electron chi connectivity index (χ4n) is 2.72. The zero-order valence-electron chi connectivity index (χ0n) is 7.17. The molecule has 0 aromatic carbocycles. The number of rotatable bonds is 1. The first kappa shape index (κ1) is 6.66. The minimum atomic E-state index is 0.863. The van der Waals surface area contributed by atoms with E-state index in [0.29, 0.717) is 0 Å². The third-order valence-corrected chi connectivity index (χ3v) is 3.13. The zero-order valence-corrected chi connectivity index (χ0v) is 7.17. The van der Waals surface area contributed by atoms with Gasteiger partial charge in [0.25, 0.3) is 0 Å². The molecule has 0 aromatic heterocycles. The van der Waals surface area contributed by atoms with Gasteiger partial charge < -0.3 is 4.90 Å². The van der Waals surface area contributed by atoms with Crippen molar-refractivity contribution >= 4 is 0 Å². The maximum atomic E-state index is 2.55. The molecule has 0 aromatic rings. The van der Waals surface area contributed by atoms with E-state index in [4.69, 9.17) is 0 Å². The second kappa shape index (κ2) is 1.97. The molecule has 0 bridgehead atoms. The highest BCUT2D eigenvalue weighted by Crippen LogP contribution is 2.50. The number of likely N-dealkylation sites (tertiary alicyclic amines) is 1. The summed E-state index contributed by atoms with van der Waals surface area (Å²) in [4.78, 5) is 2.55. The summed E-state index contributed by atoms with van der Waals surface area (Å²) in [6.45, 7) is 6.07. The monoisotopic (exact) mass is 139 g/mol. The molecule has 1 saturated heterocycles. The van der Waals surface area contributed by atoms with Gasteiger partial charge in [0.2, 0.25) is 0 Å². The lowest BCUT2D eigenvalue weighted by Gasteiger charge is -2.26. The predicted molar refractivity (Wildman–Crippen MR) is 42.9 cm³/mol. The Hall–Kier alpha value is -0.0400. The molecule has 1 nitrogen and oxygen atoms in total. The van der Waals surface area contributed by atoms with Crippen LogP contribution in [0.25, 0.3) is 0 Å². The largest absolute Gasteiger partial charge is 0.303 e. The van der Waals surface area contributed by atoms with Crippen LogP contribution in [0, 0.1) is 17.8 Å². The molecule has 1 saturated carbocycles. The first-order chi connectivity index (χ1) is 4.70. The topological polar surface area (TPSA) is 3.24 Å². The lowest BCUT2D eigenvalue weighted by atomic mass is 10.0. The highest BCUT2D eigenvalue weighted by atomic mass is 15.2. The summed E-state index contributed by atoms with van der Waals surface area (Å²) in [5.41, 5.74) is 0. The van der Waals surface area contributed by atoms with Crippen molar-refractivity contribution in [3.63, 3.8) is 0 Å². The Balaban J connectivity index is 2.05. The van der Waals surface area contributed by atoms with Gasteiger partial charge in [0.15, 0.2) is 0 Å². The van der Waals surface area contributed by atoms with Crippen LogP contribution in [0.15, 0.2) is 0 Å². The SMILES string of the molecule is CC(C)[C@@H]1[C@@H]2C[C@@H]2CN1C. The Morgan fingerprint density at radius 1 is 1.40 bits per heavy atom. The Morgan fingerprint density at radius 2 is 2.10 bits per heavy atom. The fourth-order valence-corrected chi connectivity index (χ4v) is 2.72. The van der Waals surface area contributed by atoms with Gasteiger partial charge in [-0.3, -0.25) is 0 Å². The van der Waals surface area contributed by atoms with Crippen LogP contribution in [-0.4, -0.2) is 24.5 Å². The molecular formula is C9H17N. The summed E-state index contributed by atoms with van der Waals surface area (Å²) in [7, 11) is 2.27. The van der Waals surface area contributed by atoms with Crippen LogP contribution in [0.1, 0.15) is 20.3 Å². The minimum absolute atomic E-state index is 0.863. The molecule has 1 aliphatic carbocycles. The van der Waals surface area contributed by atoms with Gasteiger partial charge in [0, 0.05) is 12.6 Å². The van der Waals surface area contributed by atoms with Crippen LogP contribution in [0.5, 0.6) is 0 Å². The number of piperidine rings is 1. The minimum Gasteiger partial charge on any atom is -0.303 e. The summed E-state index contributed by atoms with van der Waals surface area (Å²) < 4.78 is 0. The molecule has 2 fully saturated rings. The van der Waals surface area contributed by atoms with Crippen molar-refractivity contribution in [2.24, 2.45) is 17.8 Å². The molecule has 0 amide bonds.